The van der Waals surface area contributed by atoms with E-state index in [1.165, 1.54) is 0 Å². The molecule has 0 aliphatic carbocycles. The van der Waals surface area contributed by atoms with Gasteiger partial charge in [-0.25, -0.2) is 4.79 Å². The molecule has 0 saturated carbocycles. The molecule has 0 bridgehead atoms. The average molecular weight is 265 g/mol. The van der Waals surface area contributed by atoms with Crippen molar-refractivity contribution in [3.63, 3.8) is 0 Å². The molecule has 0 saturated heterocycles. The number of aromatic amines is 1. The molecule has 0 amide bonds. The molecule has 0 aliphatic heterocycles. The van der Waals surface area contributed by atoms with Crippen molar-refractivity contribution in [2.75, 3.05) is 0 Å². The molecule has 0 aromatic carbocycles. The Labute approximate surface area is 106 Å². The van der Waals surface area contributed by atoms with Crippen molar-refractivity contribution in [2.45, 2.75) is 13.0 Å². The molecule has 100 valence electrons. The number of hydrogen-bond donors (Lipinski definition) is 1. The van der Waals surface area contributed by atoms with Gasteiger partial charge in [0.15, 0.2) is 0 Å². The van der Waals surface area contributed by atoms with E-state index in [1.54, 1.807) is 24.0 Å². The fourth-order valence-electron chi connectivity index (χ4n) is 1.68. The fraction of sp³-hybridized carbons (Fsp3) is 0.300. The lowest BCUT2D eigenvalue weighted by molar-refractivity contribution is -0.386. The normalized spacial score (nSPS) is 10.6. The van der Waals surface area contributed by atoms with E-state index in [2.05, 4.69) is 5.10 Å². The van der Waals surface area contributed by atoms with Gasteiger partial charge in [-0.3, -0.25) is 29.1 Å². The van der Waals surface area contributed by atoms with E-state index in [4.69, 9.17) is 0 Å². The Kier molecular flexibility index (Phi) is 3.27. The fourth-order valence-corrected chi connectivity index (χ4v) is 1.68. The summed E-state index contributed by atoms with van der Waals surface area (Å²) in [6.45, 7) is 0.218. The van der Waals surface area contributed by atoms with Gasteiger partial charge in [-0.2, -0.15) is 5.10 Å². The molecule has 0 aliphatic rings. The Morgan fingerprint density at radius 1 is 1.47 bits per heavy atom. The number of nitrogens with zero attached hydrogens (tertiary/aromatic N) is 4. The summed E-state index contributed by atoms with van der Waals surface area (Å²) in [4.78, 5) is 34.4. The zero-order valence-electron chi connectivity index (χ0n) is 10.1. The van der Waals surface area contributed by atoms with Crippen molar-refractivity contribution < 1.29 is 4.92 Å². The number of nitrogens with one attached hydrogen (secondary N) is 1. The predicted molar refractivity (Wildman–Crippen MR) is 64.9 cm³/mol. The number of aryl methyl sites for hydroxylation is 3. The third-order valence-electron chi connectivity index (χ3n) is 2.72. The third kappa shape index (κ3) is 2.59. The molecule has 9 heteroatoms. The van der Waals surface area contributed by atoms with Crippen LogP contribution in [0.5, 0.6) is 0 Å². The summed E-state index contributed by atoms with van der Waals surface area (Å²) in [6, 6.07) is 1.78. The third-order valence-corrected chi connectivity index (χ3v) is 2.72. The van der Waals surface area contributed by atoms with E-state index in [9.17, 15) is 19.7 Å². The van der Waals surface area contributed by atoms with Crippen LogP contribution < -0.4 is 11.2 Å². The summed E-state index contributed by atoms with van der Waals surface area (Å²) in [5.74, 6) is 0. The van der Waals surface area contributed by atoms with E-state index in [-0.39, 0.29) is 6.54 Å². The standard InChI is InChI=1S/C10H11N5O4/c1-13-7(2-4-11-13)3-5-14-6-8(15(18)19)9(16)12-10(14)17/h2,4,6H,3,5H2,1H3,(H,12,16,17). The topological polar surface area (TPSA) is 116 Å². The highest BCUT2D eigenvalue weighted by atomic mass is 16.6. The molecule has 2 rings (SSSR count). The lowest BCUT2D eigenvalue weighted by Crippen LogP contribution is -2.31. The highest BCUT2D eigenvalue weighted by Crippen LogP contribution is 2.02. The van der Waals surface area contributed by atoms with Crippen molar-refractivity contribution in [1.29, 1.82) is 0 Å². The lowest BCUT2D eigenvalue weighted by atomic mass is 10.3. The van der Waals surface area contributed by atoms with Gasteiger partial charge < -0.3 is 0 Å². The van der Waals surface area contributed by atoms with Crippen LogP contribution in [-0.4, -0.2) is 24.3 Å². The molecule has 0 radical (unpaired) electrons. The molecule has 2 aromatic rings. The molecule has 1 N–H and O–H groups in total. The van der Waals surface area contributed by atoms with Crippen molar-refractivity contribution in [3.8, 4) is 0 Å². The number of aromatic nitrogens is 4. The minimum absolute atomic E-state index is 0.218. The summed E-state index contributed by atoms with van der Waals surface area (Å²) in [7, 11) is 1.76. The molecule has 0 spiro atoms. The van der Waals surface area contributed by atoms with Crippen LogP contribution in [0.1, 0.15) is 5.69 Å². The van der Waals surface area contributed by atoms with Crippen molar-refractivity contribution in [2.24, 2.45) is 7.05 Å². The van der Waals surface area contributed by atoms with Crippen molar-refractivity contribution >= 4 is 5.69 Å². The van der Waals surface area contributed by atoms with Gasteiger partial charge in [0.05, 0.1) is 11.1 Å². The van der Waals surface area contributed by atoms with Crippen LogP contribution in [0.25, 0.3) is 0 Å². The minimum Gasteiger partial charge on any atom is -0.293 e. The summed E-state index contributed by atoms with van der Waals surface area (Å²) in [5.41, 5.74) is -1.44. The summed E-state index contributed by atoms with van der Waals surface area (Å²) < 4.78 is 2.75. The zero-order chi connectivity index (χ0) is 14.0. The van der Waals surface area contributed by atoms with Gasteiger partial charge in [-0.1, -0.05) is 0 Å². The first kappa shape index (κ1) is 12.7. The van der Waals surface area contributed by atoms with Gasteiger partial charge in [0, 0.05) is 31.9 Å². The van der Waals surface area contributed by atoms with Crippen molar-refractivity contribution in [3.05, 3.63) is 55.1 Å². The van der Waals surface area contributed by atoms with E-state index >= 15 is 0 Å². The van der Waals surface area contributed by atoms with Gasteiger partial charge in [0.2, 0.25) is 0 Å². The summed E-state index contributed by atoms with van der Waals surface area (Å²) in [6.07, 6.45) is 3.05. The average Bonchev–Trinajstić information content (AvgIpc) is 2.73. The molecular formula is C10H11N5O4. The first-order valence-electron chi connectivity index (χ1n) is 5.44. The smallest absolute Gasteiger partial charge is 0.293 e. The summed E-state index contributed by atoms with van der Waals surface area (Å²) >= 11 is 0. The Bertz CT molecular complexity index is 726. The number of H-pyrrole nitrogens is 1. The van der Waals surface area contributed by atoms with Gasteiger partial charge in [0.1, 0.15) is 0 Å². The predicted octanol–water partition coefficient (Wildman–Crippen LogP) is -0.579. The van der Waals surface area contributed by atoms with Gasteiger partial charge in [0.25, 0.3) is 0 Å². The first-order valence-corrected chi connectivity index (χ1v) is 5.44. The van der Waals surface area contributed by atoms with Crippen LogP contribution in [0.4, 0.5) is 5.69 Å². The second kappa shape index (κ2) is 4.88. The molecule has 19 heavy (non-hydrogen) atoms. The number of rotatable bonds is 4. The van der Waals surface area contributed by atoms with E-state index in [0.717, 1.165) is 16.5 Å². The SMILES string of the molecule is Cn1nccc1CCn1cc([N+](=O)[O-])c(=O)[nH]c1=O. The second-order valence-corrected chi connectivity index (χ2v) is 3.92. The highest BCUT2D eigenvalue weighted by Gasteiger charge is 2.14. The maximum absolute atomic E-state index is 11.5. The van der Waals surface area contributed by atoms with Crippen LogP contribution in [0.2, 0.25) is 0 Å². The van der Waals surface area contributed by atoms with Crippen LogP contribution in [0, 0.1) is 10.1 Å². The minimum atomic E-state index is -0.994. The molecular weight excluding hydrogens is 254 g/mol. The van der Waals surface area contributed by atoms with Crippen molar-refractivity contribution in [1.82, 2.24) is 19.3 Å². The van der Waals surface area contributed by atoms with E-state index in [0.29, 0.717) is 6.42 Å². The van der Waals surface area contributed by atoms with Gasteiger partial charge >= 0.3 is 16.9 Å². The number of nitro groups is 1. The van der Waals surface area contributed by atoms with E-state index < -0.39 is 21.9 Å². The quantitative estimate of drug-likeness (QED) is 0.586. The molecule has 0 unspecified atom stereocenters. The van der Waals surface area contributed by atoms with Gasteiger partial charge in [-0.05, 0) is 6.07 Å². The Morgan fingerprint density at radius 2 is 2.21 bits per heavy atom. The Balaban J connectivity index is 2.28. The molecule has 2 aromatic heterocycles. The monoisotopic (exact) mass is 265 g/mol. The molecule has 2 heterocycles. The Hall–Kier alpha value is -2.71. The maximum atomic E-state index is 11.5. The highest BCUT2D eigenvalue weighted by molar-refractivity contribution is 5.20. The van der Waals surface area contributed by atoms with Crippen LogP contribution in [0.15, 0.2) is 28.0 Å². The molecule has 9 nitrogen and oxygen atoms in total. The second-order valence-electron chi connectivity index (χ2n) is 3.92. The van der Waals surface area contributed by atoms with Crippen LogP contribution >= 0.6 is 0 Å². The molecule has 0 atom stereocenters. The number of hydrogen-bond acceptors (Lipinski definition) is 5. The zero-order valence-corrected chi connectivity index (χ0v) is 10.1. The molecule has 0 fully saturated rings. The first-order chi connectivity index (χ1) is 8.99. The van der Waals surface area contributed by atoms with Crippen LogP contribution in [0.3, 0.4) is 0 Å². The van der Waals surface area contributed by atoms with Crippen LogP contribution in [-0.2, 0) is 20.0 Å². The van der Waals surface area contributed by atoms with E-state index in [1.807, 2.05) is 4.98 Å². The Morgan fingerprint density at radius 3 is 2.79 bits per heavy atom. The maximum Gasteiger partial charge on any atom is 0.350 e. The van der Waals surface area contributed by atoms with Gasteiger partial charge in [-0.15, -0.1) is 0 Å². The lowest BCUT2D eigenvalue weighted by Gasteiger charge is -2.05. The summed E-state index contributed by atoms with van der Waals surface area (Å²) in [5, 5.41) is 14.6. The largest absolute Gasteiger partial charge is 0.350 e.